The van der Waals surface area contributed by atoms with Crippen molar-refractivity contribution >= 4 is 26.6 Å². The van der Waals surface area contributed by atoms with Crippen molar-refractivity contribution in [2.45, 2.75) is 4.90 Å². The van der Waals surface area contributed by atoms with Gasteiger partial charge in [0.15, 0.2) is 9.84 Å². The zero-order chi connectivity index (χ0) is 19.9. The number of halogens is 3. The zero-order valence-electron chi connectivity index (χ0n) is 14.2. The van der Waals surface area contributed by atoms with Crippen molar-refractivity contribution in [1.29, 1.82) is 0 Å². The molecule has 0 heterocycles. The molecule has 0 aliphatic rings. The van der Waals surface area contributed by atoms with E-state index in [-0.39, 0.29) is 21.4 Å². The third kappa shape index (κ3) is 3.40. The average molecular weight is 394 g/mol. The first-order valence-corrected chi connectivity index (χ1v) is 9.52. The van der Waals surface area contributed by atoms with Crippen molar-refractivity contribution in [3.63, 3.8) is 0 Å². The van der Waals surface area contributed by atoms with Crippen molar-refractivity contribution in [2.75, 3.05) is 13.4 Å². The highest BCUT2D eigenvalue weighted by molar-refractivity contribution is 7.90. The van der Waals surface area contributed by atoms with E-state index in [1.807, 2.05) is 0 Å². The molecular weight excluding hydrogens is 381 g/mol. The maximum Gasteiger partial charge on any atom is 0.337 e. The van der Waals surface area contributed by atoms with Gasteiger partial charge in [0.25, 0.3) is 0 Å². The highest BCUT2D eigenvalue weighted by Crippen LogP contribution is 2.38. The van der Waals surface area contributed by atoms with Crippen molar-refractivity contribution in [3.05, 3.63) is 65.5 Å². The van der Waals surface area contributed by atoms with Crippen LogP contribution in [0.25, 0.3) is 21.9 Å². The highest BCUT2D eigenvalue weighted by Gasteiger charge is 2.24. The Hall–Kier alpha value is -2.87. The van der Waals surface area contributed by atoms with Crippen LogP contribution in [-0.4, -0.2) is 27.8 Å². The van der Waals surface area contributed by atoms with Crippen molar-refractivity contribution in [2.24, 2.45) is 0 Å². The van der Waals surface area contributed by atoms with Gasteiger partial charge in [-0.2, -0.15) is 0 Å². The Morgan fingerprint density at radius 2 is 1.52 bits per heavy atom. The molecule has 0 atom stereocenters. The second-order valence-corrected chi connectivity index (χ2v) is 7.87. The van der Waals surface area contributed by atoms with Crippen LogP contribution in [-0.2, 0) is 14.6 Å². The first kappa shape index (κ1) is 18.9. The number of esters is 1. The predicted molar refractivity (Wildman–Crippen MR) is 93.7 cm³/mol. The van der Waals surface area contributed by atoms with E-state index in [4.69, 9.17) is 0 Å². The number of methoxy groups -OCH3 is 1. The molecule has 0 spiro atoms. The van der Waals surface area contributed by atoms with Gasteiger partial charge in [0.05, 0.1) is 23.1 Å². The second-order valence-electron chi connectivity index (χ2n) is 5.88. The normalized spacial score (nSPS) is 11.6. The standard InChI is InChI=1S/C19H13F3O4S/c1-26-19(23)11-4-3-10-5-6-16(27(2,24)25)17(13(10)7-11)18-14(21)8-12(20)9-15(18)22/h3-9H,1-2H3. The first-order valence-electron chi connectivity index (χ1n) is 7.63. The van der Waals surface area contributed by atoms with Crippen LogP contribution in [0.5, 0.6) is 0 Å². The second kappa shape index (κ2) is 6.70. The molecule has 0 bridgehead atoms. The van der Waals surface area contributed by atoms with Gasteiger partial charge >= 0.3 is 5.97 Å². The molecule has 8 heteroatoms. The minimum Gasteiger partial charge on any atom is -0.465 e. The summed E-state index contributed by atoms with van der Waals surface area (Å²) in [6.07, 6.45) is 0.890. The molecule has 0 aliphatic carbocycles. The molecule has 0 aromatic heterocycles. The molecular formula is C19H13F3O4S. The Labute approximate surface area is 153 Å². The number of rotatable bonds is 3. The van der Waals surface area contributed by atoms with E-state index in [0.717, 1.165) is 6.26 Å². The summed E-state index contributed by atoms with van der Waals surface area (Å²) in [6.45, 7) is 0. The van der Waals surface area contributed by atoms with Gasteiger partial charge in [-0.05, 0) is 29.0 Å². The summed E-state index contributed by atoms with van der Waals surface area (Å²) < 4.78 is 71.3. The van der Waals surface area contributed by atoms with Gasteiger partial charge in [-0.15, -0.1) is 0 Å². The van der Waals surface area contributed by atoms with Crippen LogP contribution in [0.3, 0.4) is 0 Å². The summed E-state index contributed by atoms with van der Waals surface area (Å²) in [7, 11) is -2.73. The minimum atomic E-state index is -3.90. The lowest BCUT2D eigenvalue weighted by Gasteiger charge is -2.15. The van der Waals surface area contributed by atoms with Crippen molar-refractivity contribution < 1.29 is 31.1 Å². The van der Waals surface area contributed by atoms with Gasteiger partial charge in [0, 0.05) is 24.0 Å². The van der Waals surface area contributed by atoms with Crippen LogP contribution >= 0.6 is 0 Å². The topological polar surface area (TPSA) is 60.4 Å². The number of benzene rings is 3. The molecule has 0 fully saturated rings. The van der Waals surface area contributed by atoms with E-state index in [1.54, 1.807) is 0 Å². The third-order valence-corrected chi connectivity index (χ3v) is 5.20. The van der Waals surface area contributed by atoms with Crippen LogP contribution in [0.1, 0.15) is 10.4 Å². The summed E-state index contributed by atoms with van der Waals surface area (Å²) in [5.74, 6) is -4.35. The molecule has 0 amide bonds. The Bertz CT molecular complexity index is 1160. The molecule has 0 N–H and O–H groups in total. The predicted octanol–water partition coefficient (Wildman–Crippen LogP) is 4.11. The molecule has 27 heavy (non-hydrogen) atoms. The van der Waals surface area contributed by atoms with Gasteiger partial charge < -0.3 is 4.74 Å². The molecule has 0 saturated carbocycles. The molecule has 3 aromatic rings. The highest BCUT2D eigenvalue weighted by atomic mass is 32.2. The minimum absolute atomic E-state index is 0.0693. The Morgan fingerprint density at radius 3 is 2.07 bits per heavy atom. The fourth-order valence-electron chi connectivity index (χ4n) is 2.89. The van der Waals surface area contributed by atoms with Gasteiger partial charge in [-0.3, -0.25) is 0 Å². The summed E-state index contributed by atoms with van der Waals surface area (Å²) in [4.78, 5) is 11.5. The van der Waals surface area contributed by atoms with Gasteiger partial charge in [0.1, 0.15) is 17.5 Å². The summed E-state index contributed by atoms with van der Waals surface area (Å²) in [5, 5.41) is 0.554. The molecule has 140 valence electrons. The monoisotopic (exact) mass is 394 g/mol. The number of sulfone groups is 1. The SMILES string of the molecule is COC(=O)c1ccc2ccc(S(C)(=O)=O)c(-c3c(F)cc(F)cc3F)c2c1. The molecule has 3 rings (SSSR count). The Kier molecular flexibility index (Phi) is 4.69. The Morgan fingerprint density at radius 1 is 0.926 bits per heavy atom. The number of hydrogen-bond acceptors (Lipinski definition) is 4. The quantitative estimate of drug-likeness (QED) is 0.627. The summed E-state index contributed by atoms with van der Waals surface area (Å²) >= 11 is 0. The van der Waals surface area contributed by atoms with E-state index in [1.165, 1.54) is 37.4 Å². The fraction of sp³-hybridized carbons (Fsp3) is 0.105. The van der Waals surface area contributed by atoms with Gasteiger partial charge in [-0.1, -0.05) is 12.1 Å². The molecule has 4 nitrogen and oxygen atoms in total. The lowest BCUT2D eigenvalue weighted by molar-refractivity contribution is 0.0601. The van der Waals surface area contributed by atoms with E-state index in [2.05, 4.69) is 4.74 Å². The summed E-state index contributed by atoms with van der Waals surface area (Å²) in [5.41, 5.74) is -0.903. The lowest BCUT2D eigenvalue weighted by atomic mass is 9.95. The molecule has 0 aliphatic heterocycles. The largest absolute Gasteiger partial charge is 0.465 e. The maximum atomic E-state index is 14.5. The van der Waals surface area contributed by atoms with Crippen molar-refractivity contribution in [3.8, 4) is 11.1 Å². The Balaban J connectivity index is 2.52. The third-order valence-electron chi connectivity index (χ3n) is 4.06. The van der Waals surface area contributed by atoms with Crippen LogP contribution in [0.2, 0.25) is 0 Å². The fourth-order valence-corrected chi connectivity index (χ4v) is 3.79. The van der Waals surface area contributed by atoms with E-state index >= 15 is 0 Å². The van der Waals surface area contributed by atoms with Gasteiger partial charge in [0.2, 0.25) is 0 Å². The van der Waals surface area contributed by atoms with E-state index in [9.17, 15) is 26.4 Å². The van der Waals surface area contributed by atoms with Crippen LogP contribution in [0.4, 0.5) is 13.2 Å². The summed E-state index contributed by atoms with van der Waals surface area (Å²) in [6, 6.07) is 7.82. The maximum absolute atomic E-state index is 14.5. The van der Waals surface area contributed by atoms with Gasteiger partial charge in [-0.25, -0.2) is 26.4 Å². The van der Waals surface area contributed by atoms with Crippen LogP contribution < -0.4 is 0 Å². The zero-order valence-corrected chi connectivity index (χ0v) is 15.0. The average Bonchev–Trinajstić information content (AvgIpc) is 2.58. The molecule has 0 saturated heterocycles. The van der Waals surface area contributed by atoms with Crippen LogP contribution in [0.15, 0.2) is 47.4 Å². The number of hydrogen-bond donors (Lipinski definition) is 0. The number of carbonyl (C=O) groups is 1. The lowest BCUT2D eigenvalue weighted by Crippen LogP contribution is -2.05. The number of fused-ring (bicyclic) bond motifs is 1. The van der Waals surface area contributed by atoms with E-state index < -0.39 is 38.8 Å². The number of ether oxygens (including phenoxy) is 1. The smallest absolute Gasteiger partial charge is 0.337 e. The molecule has 0 radical (unpaired) electrons. The van der Waals surface area contributed by atoms with Crippen molar-refractivity contribution in [1.82, 2.24) is 0 Å². The van der Waals surface area contributed by atoms with Crippen LogP contribution in [0, 0.1) is 17.5 Å². The molecule has 3 aromatic carbocycles. The molecule has 0 unspecified atom stereocenters. The number of carbonyl (C=O) groups excluding carboxylic acids is 1. The van der Waals surface area contributed by atoms with E-state index in [0.29, 0.717) is 17.5 Å². The first-order chi connectivity index (χ1) is 12.6.